The highest BCUT2D eigenvalue weighted by Gasteiger charge is 2.22. The lowest BCUT2D eigenvalue weighted by atomic mass is 10.1. The molecule has 0 radical (unpaired) electrons. The molecule has 4 heteroatoms. The first-order chi connectivity index (χ1) is 8.74. The minimum absolute atomic E-state index is 0.504. The molecule has 0 atom stereocenters. The van der Waals surface area contributed by atoms with Crippen molar-refractivity contribution in [1.29, 1.82) is 0 Å². The lowest BCUT2D eigenvalue weighted by Crippen LogP contribution is -2.15. The van der Waals surface area contributed by atoms with E-state index >= 15 is 0 Å². The van der Waals surface area contributed by atoms with Crippen molar-refractivity contribution in [3.63, 3.8) is 0 Å². The Hall–Kier alpha value is -0.710. The molecule has 2 aromatic rings. The van der Waals surface area contributed by atoms with Crippen LogP contribution in [0.5, 0.6) is 0 Å². The van der Waals surface area contributed by atoms with Gasteiger partial charge in [-0.25, -0.2) is 4.98 Å². The Morgan fingerprint density at radius 1 is 1.44 bits per heavy atom. The van der Waals surface area contributed by atoms with Gasteiger partial charge in [0.2, 0.25) is 0 Å². The van der Waals surface area contributed by atoms with Gasteiger partial charge in [0.1, 0.15) is 5.01 Å². The van der Waals surface area contributed by atoms with E-state index in [2.05, 4.69) is 36.0 Å². The van der Waals surface area contributed by atoms with Crippen LogP contribution in [0.4, 0.5) is 0 Å². The molecule has 2 aromatic heterocycles. The van der Waals surface area contributed by atoms with Gasteiger partial charge < -0.3 is 5.32 Å². The van der Waals surface area contributed by atoms with Crippen molar-refractivity contribution in [2.75, 3.05) is 0 Å². The summed E-state index contributed by atoms with van der Waals surface area (Å²) in [7, 11) is 0. The summed E-state index contributed by atoms with van der Waals surface area (Å²) in [6, 6.07) is 2.92. The van der Waals surface area contributed by atoms with Crippen molar-refractivity contribution in [2.45, 2.75) is 45.2 Å². The molecule has 1 saturated carbocycles. The zero-order chi connectivity index (χ0) is 12.5. The largest absolute Gasteiger partial charge is 0.309 e. The summed E-state index contributed by atoms with van der Waals surface area (Å²) >= 11 is 3.59. The van der Waals surface area contributed by atoms with Gasteiger partial charge in [0, 0.05) is 28.4 Å². The van der Waals surface area contributed by atoms with Gasteiger partial charge in [0.25, 0.3) is 0 Å². The summed E-state index contributed by atoms with van der Waals surface area (Å²) in [5.74, 6) is 0.504. The standard InChI is InChI=1S/C14H18N2S2/c1-9(2)13-12(7-15-11-3-4-11)18-14(16-13)10-5-6-17-8-10/h5-6,8-9,11,15H,3-4,7H2,1-2H3. The lowest BCUT2D eigenvalue weighted by molar-refractivity contribution is 0.681. The third kappa shape index (κ3) is 2.66. The van der Waals surface area contributed by atoms with Crippen molar-refractivity contribution in [1.82, 2.24) is 10.3 Å². The summed E-state index contributed by atoms with van der Waals surface area (Å²) in [6.07, 6.45) is 2.68. The molecule has 1 aliphatic carbocycles. The summed E-state index contributed by atoms with van der Waals surface area (Å²) in [6.45, 7) is 5.44. The van der Waals surface area contributed by atoms with Gasteiger partial charge in [-0.3, -0.25) is 0 Å². The number of thiazole rings is 1. The fourth-order valence-corrected chi connectivity index (χ4v) is 3.85. The maximum atomic E-state index is 4.84. The van der Waals surface area contributed by atoms with Gasteiger partial charge in [0.15, 0.2) is 0 Å². The van der Waals surface area contributed by atoms with E-state index in [4.69, 9.17) is 4.98 Å². The number of thiophene rings is 1. The van der Waals surface area contributed by atoms with Crippen LogP contribution in [0.2, 0.25) is 0 Å². The van der Waals surface area contributed by atoms with E-state index in [0.29, 0.717) is 5.92 Å². The molecule has 0 saturated heterocycles. The molecular weight excluding hydrogens is 260 g/mol. The Morgan fingerprint density at radius 2 is 2.28 bits per heavy atom. The van der Waals surface area contributed by atoms with Crippen LogP contribution in [0.3, 0.4) is 0 Å². The van der Waals surface area contributed by atoms with E-state index in [-0.39, 0.29) is 0 Å². The third-order valence-electron chi connectivity index (χ3n) is 3.17. The van der Waals surface area contributed by atoms with Crippen LogP contribution in [-0.2, 0) is 6.54 Å². The number of rotatable bonds is 5. The summed E-state index contributed by atoms with van der Waals surface area (Å²) in [5.41, 5.74) is 2.54. The van der Waals surface area contributed by atoms with Gasteiger partial charge >= 0.3 is 0 Å². The monoisotopic (exact) mass is 278 g/mol. The quantitative estimate of drug-likeness (QED) is 0.884. The molecule has 2 nitrogen and oxygen atoms in total. The highest BCUT2D eigenvalue weighted by atomic mass is 32.1. The first-order valence-corrected chi connectivity index (χ1v) is 8.25. The molecule has 0 spiro atoms. The number of nitrogens with zero attached hydrogens (tertiary/aromatic N) is 1. The number of hydrogen-bond acceptors (Lipinski definition) is 4. The fourth-order valence-electron chi connectivity index (χ4n) is 1.98. The molecule has 96 valence electrons. The summed E-state index contributed by atoms with van der Waals surface area (Å²) in [5, 5.41) is 9.07. The topological polar surface area (TPSA) is 24.9 Å². The van der Waals surface area contributed by atoms with Crippen LogP contribution in [0, 0.1) is 0 Å². The average Bonchev–Trinajstić information content (AvgIpc) is 2.87. The van der Waals surface area contributed by atoms with Crippen molar-refractivity contribution < 1.29 is 0 Å². The second-order valence-electron chi connectivity index (χ2n) is 5.15. The molecule has 1 aliphatic rings. The van der Waals surface area contributed by atoms with Crippen LogP contribution >= 0.6 is 22.7 Å². The molecule has 1 fully saturated rings. The molecule has 2 heterocycles. The van der Waals surface area contributed by atoms with E-state index in [1.807, 2.05) is 11.3 Å². The predicted molar refractivity (Wildman–Crippen MR) is 79.4 cm³/mol. The molecular formula is C14H18N2S2. The molecule has 0 bridgehead atoms. The average molecular weight is 278 g/mol. The van der Waals surface area contributed by atoms with Crippen LogP contribution in [0.15, 0.2) is 16.8 Å². The van der Waals surface area contributed by atoms with Crippen LogP contribution in [0.1, 0.15) is 43.2 Å². The first kappa shape index (κ1) is 12.3. The van der Waals surface area contributed by atoms with Gasteiger partial charge in [-0.15, -0.1) is 11.3 Å². The SMILES string of the molecule is CC(C)c1nc(-c2ccsc2)sc1CNC1CC1. The minimum Gasteiger partial charge on any atom is -0.309 e. The van der Waals surface area contributed by atoms with E-state index < -0.39 is 0 Å². The van der Waals surface area contributed by atoms with Crippen molar-refractivity contribution >= 4 is 22.7 Å². The lowest BCUT2D eigenvalue weighted by Gasteiger charge is -2.05. The zero-order valence-electron chi connectivity index (χ0n) is 10.8. The summed E-state index contributed by atoms with van der Waals surface area (Å²) < 4.78 is 0. The molecule has 0 unspecified atom stereocenters. The van der Waals surface area contributed by atoms with Crippen molar-refractivity contribution in [2.24, 2.45) is 0 Å². The van der Waals surface area contributed by atoms with Crippen LogP contribution in [0.25, 0.3) is 10.6 Å². The Labute approximate surface area is 116 Å². The fraction of sp³-hybridized carbons (Fsp3) is 0.500. The molecule has 0 aromatic carbocycles. The Bertz CT molecular complexity index is 510. The smallest absolute Gasteiger partial charge is 0.124 e. The van der Waals surface area contributed by atoms with E-state index in [0.717, 1.165) is 12.6 Å². The van der Waals surface area contributed by atoms with Gasteiger partial charge in [-0.2, -0.15) is 11.3 Å². The van der Waals surface area contributed by atoms with E-state index in [1.54, 1.807) is 11.3 Å². The second kappa shape index (κ2) is 5.11. The van der Waals surface area contributed by atoms with Crippen molar-refractivity contribution in [3.05, 3.63) is 27.4 Å². The summed E-state index contributed by atoms with van der Waals surface area (Å²) in [4.78, 5) is 6.25. The maximum absolute atomic E-state index is 4.84. The molecule has 18 heavy (non-hydrogen) atoms. The zero-order valence-corrected chi connectivity index (χ0v) is 12.4. The molecule has 0 amide bonds. The second-order valence-corrected chi connectivity index (χ2v) is 7.01. The molecule has 3 rings (SSSR count). The van der Waals surface area contributed by atoms with Gasteiger partial charge in [0.05, 0.1) is 5.69 Å². The minimum atomic E-state index is 0.504. The Balaban J connectivity index is 1.85. The number of hydrogen-bond donors (Lipinski definition) is 1. The third-order valence-corrected chi connectivity index (χ3v) is 4.97. The maximum Gasteiger partial charge on any atom is 0.124 e. The number of nitrogens with one attached hydrogen (secondary N) is 1. The molecule has 0 aliphatic heterocycles. The Kier molecular flexibility index (Phi) is 3.50. The number of aromatic nitrogens is 1. The van der Waals surface area contributed by atoms with E-state index in [9.17, 15) is 0 Å². The normalized spacial score (nSPS) is 15.5. The van der Waals surface area contributed by atoms with Crippen molar-refractivity contribution in [3.8, 4) is 10.6 Å². The van der Waals surface area contributed by atoms with Crippen LogP contribution in [-0.4, -0.2) is 11.0 Å². The highest BCUT2D eigenvalue weighted by molar-refractivity contribution is 7.15. The van der Waals surface area contributed by atoms with Gasteiger partial charge in [-0.05, 0) is 30.2 Å². The highest BCUT2D eigenvalue weighted by Crippen LogP contribution is 2.33. The van der Waals surface area contributed by atoms with Crippen LogP contribution < -0.4 is 5.32 Å². The molecule has 1 N–H and O–H groups in total. The predicted octanol–water partition coefficient (Wildman–Crippen LogP) is 4.25. The van der Waals surface area contributed by atoms with E-state index in [1.165, 1.54) is 34.0 Å². The Morgan fingerprint density at radius 3 is 2.89 bits per heavy atom. The first-order valence-electron chi connectivity index (χ1n) is 6.49. The van der Waals surface area contributed by atoms with Gasteiger partial charge in [-0.1, -0.05) is 13.8 Å².